The van der Waals surface area contributed by atoms with Crippen molar-refractivity contribution in [2.45, 2.75) is 6.54 Å². The average Bonchev–Trinajstić information content (AvgIpc) is 2.81. The molecule has 0 bridgehead atoms. The summed E-state index contributed by atoms with van der Waals surface area (Å²) >= 11 is 1.13. The van der Waals surface area contributed by atoms with E-state index in [2.05, 4.69) is 19.4 Å². The SMILES string of the molecule is O=C(O)CNC(=O)NCc1ccc2nsnc2c1. The summed E-state index contributed by atoms with van der Waals surface area (Å²) in [5.41, 5.74) is 2.48. The molecule has 7 nitrogen and oxygen atoms in total. The molecule has 1 heterocycles. The number of aromatic nitrogens is 2. The van der Waals surface area contributed by atoms with Crippen molar-refractivity contribution in [3.63, 3.8) is 0 Å². The lowest BCUT2D eigenvalue weighted by Crippen LogP contribution is -2.37. The molecule has 0 atom stereocenters. The van der Waals surface area contributed by atoms with Crippen molar-refractivity contribution in [1.29, 1.82) is 0 Å². The van der Waals surface area contributed by atoms with Gasteiger partial charge in [-0.25, -0.2) is 4.79 Å². The van der Waals surface area contributed by atoms with Gasteiger partial charge in [-0.15, -0.1) is 0 Å². The summed E-state index contributed by atoms with van der Waals surface area (Å²) in [5.74, 6) is -1.08. The molecule has 2 rings (SSSR count). The number of carbonyl (C=O) groups excluding carboxylic acids is 1. The Balaban J connectivity index is 1.89. The molecule has 0 fully saturated rings. The summed E-state index contributed by atoms with van der Waals surface area (Å²) in [4.78, 5) is 21.5. The summed E-state index contributed by atoms with van der Waals surface area (Å²) < 4.78 is 8.16. The molecule has 8 heteroatoms. The van der Waals surface area contributed by atoms with Crippen LogP contribution in [-0.4, -0.2) is 32.4 Å². The van der Waals surface area contributed by atoms with Crippen molar-refractivity contribution in [3.8, 4) is 0 Å². The van der Waals surface area contributed by atoms with Crippen LogP contribution in [0.3, 0.4) is 0 Å². The number of hydrogen-bond donors (Lipinski definition) is 3. The van der Waals surface area contributed by atoms with Gasteiger partial charge in [0.05, 0.1) is 11.7 Å². The van der Waals surface area contributed by atoms with E-state index in [1.165, 1.54) is 0 Å². The Labute approximate surface area is 106 Å². The summed E-state index contributed by atoms with van der Waals surface area (Å²) in [6.45, 7) is -0.0974. The van der Waals surface area contributed by atoms with Crippen LogP contribution in [0.1, 0.15) is 5.56 Å². The molecular formula is C10H10N4O3S. The van der Waals surface area contributed by atoms with Crippen LogP contribution in [0.2, 0.25) is 0 Å². The second-order valence-electron chi connectivity index (χ2n) is 3.52. The molecule has 94 valence electrons. The minimum Gasteiger partial charge on any atom is -0.480 e. The Morgan fingerprint density at radius 1 is 1.22 bits per heavy atom. The first-order valence-corrected chi connectivity index (χ1v) is 5.83. The van der Waals surface area contributed by atoms with E-state index in [-0.39, 0.29) is 0 Å². The zero-order valence-electron chi connectivity index (χ0n) is 9.21. The minimum atomic E-state index is -1.08. The van der Waals surface area contributed by atoms with Gasteiger partial charge in [-0.2, -0.15) is 8.75 Å². The van der Waals surface area contributed by atoms with Gasteiger partial charge in [-0.1, -0.05) is 6.07 Å². The van der Waals surface area contributed by atoms with Crippen LogP contribution < -0.4 is 10.6 Å². The predicted molar refractivity (Wildman–Crippen MR) is 65.3 cm³/mol. The standard InChI is InChI=1S/C10H10N4O3S/c15-9(16)5-12-10(17)11-4-6-1-2-7-8(3-6)14-18-13-7/h1-3H,4-5H2,(H,15,16)(H2,11,12,17). The Bertz CT molecular complexity index is 583. The fourth-order valence-corrected chi connectivity index (χ4v) is 1.86. The fourth-order valence-electron chi connectivity index (χ4n) is 1.34. The van der Waals surface area contributed by atoms with Crippen LogP contribution in [0, 0.1) is 0 Å². The zero-order chi connectivity index (χ0) is 13.0. The molecule has 0 aliphatic carbocycles. The first kappa shape index (κ1) is 12.2. The minimum absolute atomic E-state index is 0.304. The largest absolute Gasteiger partial charge is 0.480 e. The zero-order valence-corrected chi connectivity index (χ0v) is 10.0. The lowest BCUT2D eigenvalue weighted by Gasteiger charge is -2.05. The van der Waals surface area contributed by atoms with Crippen molar-refractivity contribution in [1.82, 2.24) is 19.4 Å². The molecule has 2 aromatic rings. The lowest BCUT2D eigenvalue weighted by atomic mass is 10.2. The van der Waals surface area contributed by atoms with E-state index in [1.54, 1.807) is 0 Å². The maximum absolute atomic E-state index is 11.2. The third-order valence-electron chi connectivity index (χ3n) is 2.17. The Morgan fingerprint density at radius 3 is 2.78 bits per heavy atom. The number of fused-ring (bicyclic) bond motifs is 1. The van der Waals surface area contributed by atoms with Crippen molar-refractivity contribution in [2.75, 3.05) is 6.54 Å². The Hall–Kier alpha value is -2.22. The van der Waals surface area contributed by atoms with Gasteiger partial charge in [-0.3, -0.25) is 4.79 Å². The number of benzene rings is 1. The van der Waals surface area contributed by atoms with E-state index < -0.39 is 18.5 Å². The Kier molecular flexibility index (Phi) is 3.68. The summed E-state index contributed by atoms with van der Waals surface area (Å²) in [6, 6.07) is 4.97. The van der Waals surface area contributed by atoms with Crippen LogP contribution in [-0.2, 0) is 11.3 Å². The van der Waals surface area contributed by atoms with E-state index in [0.29, 0.717) is 6.54 Å². The maximum Gasteiger partial charge on any atom is 0.323 e. The van der Waals surface area contributed by atoms with Gasteiger partial charge in [0, 0.05) is 6.54 Å². The molecule has 1 aromatic carbocycles. The molecule has 1 aromatic heterocycles. The van der Waals surface area contributed by atoms with Crippen LogP contribution in [0.5, 0.6) is 0 Å². The van der Waals surface area contributed by atoms with Gasteiger partial charge in [-0.05, 0) is 17.7 Å². The number of urea groups is 1. The summed E-state index contributed by atoms with van der Waals surface area (Å²) in [6.07, 6.45) is 0. The molecule has 0 unspecified atom stereocenters. The third-order valence-corrected chi connectivity index (χ3v) is 2.73. The summed E-state index contributed by atoms with van der Waals surface area (Å²) in [7, 11) is 0. The lowest BCUT2D eigenvalue weighted by molar-refractivity contribution is -0.135. The third kappa shape index (κ3) is 3.14. The molecule has 0 spiro atoms. The number of carboxylic acid groups (broad SMARTS) is 1. The van der Waals surface area contributed by atoms with Crippen molar-refractivity contribution in [3.05, 3.63) is 23.8 Å². The molecule has 0 radical (unpaired) electrons. The monoisotopic (exact) mass is 266 g/mol. The van der Waals surface area contributed by atoms with Crippen LogP contribution in [0.25, 0.3) is 11.0 Å². The van der Waals surface area contributed by atoms with Gasteiger partial charge in [0.2, 0.25) is 0 Å². The van der Waals surface area contributed by atoms with E-state index in [4.69, 9.17) is 5.11 Å². The Morgan fingerprint density at radius 2 is 2.00 bits per heavy atom. The molecule has 0 saturated carbocycles. The van der Waals surface area contributed by atoms with E-state index in [0.717, 1.165) is 28.3 Å². The quantitative estimate of drug-likeness (QED) is 0.750. The fraction of sp³-hybridized carbons (Fsp3) is 0.200. The van der Waals surface area contributed by atoms with E-state index in [9.17, 15) is 9.59 Å². The highest BCUT2D eigenvalue weighted by Crippen LogP contribution is 2.13. The van der Waals surface area contributed by atoms with Crippen molar-refractivity contribution < 1.29 is 14.7 Å². The highest BCUT2D eigenvalue weighted by Gasteiger charge is 2.04. The highest BCUT2D eigenvalue weighted by atomic mass is 32.1. The molecule has 0 saturated heterocycles. The number of aliphatic carboxylic acids is 1. The highest BCUT2D eigenvalue weighted by molar-refractivity contribution is 7.00. The molecule has 0 aliphatic rings. The smallest absolute Gasteiger partial charge is 0.323 e. The number of carboxylic acids is 1. The second kappa shape index (κ2) is 5.41. The van der Waals surface area contributed by atoms with Crippen LogP contribution in [0.15, 0.2) is 18.2 Å². The number of carbonyl (C=O) groups is 2. The second-order valence-corrected chi connectivity index (χ2v) is 4.05. The first-order chi connectivity index (χ1) is 8.65. The number of nitrogens with zero attached hydrogens (tertiary/aromatic N) is 2. The number of hydrogen-bond acceptors (Lipinski definition) is 5. The van der Waals surface area contributed by atoms with Gasteiger partial charge in [0.15, 0.2) is 0 Å². The van der Waals surface area contributed by atoms with Crippen molar-refractivity contribution in [2.24, 2.45) is 0 Å². The van der Waals surface area contributed by atoms with Gasteiger partial charge < -0.3 is 15.7 Å². The molecular weight excluding hydrogens is 256 g/mol. The number of nitrogens with one attached hydrogen (secondary N) is 2. The average molecular weight is 266 g/mol. The van der Waals surface area contributed by atoms with Gasteiger partial charge in [0.1, 0.15) is 17.6 Å². The normalized spacial score (nSPS) is 10.2. The molecule has 18 heavy (non-hydrogen) atoms. The van der Waals surface area contributed by atoms with E-state index in [1.807, 2.05) is 18.2 Å². The van der Waals surface area contributed by atoms with Crippen LogP contribution >= 0.6 is 11.7 Å². The van der Waals surface area contributed by atoms with Gasteiger partial charge in [0.25, 0.3) is 0 Å². The molecule has 2 amide bonds. The topological polar surface area (TPSA) is 104 Å². The molecule has 3 N–H and O–H groups in total. The first-order valence-electron chi connectivity index (χ1n) is 5.10. The number of amides is 2. The van der Waals surface area contributed by atoms with Crippen molar-refractivity contribution >= 4 is 34.8 Å². The maximum atomic E-state index is 11.2. The number of rotatable bonds is 4. The van der Waals surface area contributed by atoms with Gasteiger partial charge >= 0.3 is 12.0 Å². The molecule has 0 aliphatic heterocycles. The van der Waals surface area contributed by atoms with Crippen LogP contribution in [0.4, 0.5) is 4.79 Å². The van der Waals surface area contributed by atoms with E-state index >= 15 is 0 Å². The summed E-state index contributed by atoms with van der Waals surface area (Å²) in [5, 5.41) is 13.1. The predicted octanol–water partition coefficient (Wildman–Crippen LogP) is 0.575.